The standard InChI is InChI=1S/C18H18ClNO2/c1-3-22-15-9-7-14(8-10-15)18(21)11-12-20-17-6-4-5-16(19)13(17)2/h4-12,20H,3H2,1-2H3. The Morgan fingerprint density at radius 1 is 1.23 bits per heavy atom. The number of nitrogens with one attached hydrogen (secondary N) is 1. The van der Waals surface area contributed by atoms with Gasteiger partial charge in [0.2, 0.25) is 0 Å². The Hall–Kier alpha value is -2.26. The van der Waals surface area contributed by atoms with Gasteiger partial charge in [-0.05, 0) is 55.8 Å². The Morgan fingerprint density at radius 2 is 1.95 bits per heavy atom. The summed E-state index contributed by atoms with van der Waals surface area (Å²) in [6, 6.07) is 12.7. The third kappa shape index (κ3) is 4.12. The van der Waals surface area contributed by atoms with E-state index in [1.807, 2.05) is 32.0 Å². The van der Waals surface area contributed by atoms with Crippen molar-refractivity contribution in [2.75, 3.05) is 11.9 Å². The number of ether oxygens (including phenoxy) is 1. The van der Waals surface area contributed by atoms with Gasteiger partial charge in [0.15, 0.2) is 5.78 Å². The van der Waals surface area contributed by atoms with E-state index < -0.39 is 0 Å². The molecule has 3 nitrogen and oxygen atoms in total. The average Bonchev–Trinajstić information content (AvgIpc) is 2.52. The van der Waals surface area contributed by atoms with E-state index >= 15 is 0 Å². The van der Waals surface area contributed by atoms with E-state index in [9.17, 15) is 4.79 Å². The fourth-order valence-corrected chi connectivity index (χ4v) is 2.12. The second-order valence-corrected chi connectivity index (χ2v) is 5.12. The molecule has 22 heavy (non-hydrogen) atoms. The van der Waals surface area contributed by atoms with Gasteiger partial charge in [0.05, 0.1) is 6.61 Å². The fraction of sp³-hybridized carbons (Fsp3) is 0.167. The summed E-state index contributed by atoms with van der Waals surface area (Å²) in [4.78, 5) is 12.1. The molecule has 0 radical (unpaired) electrons. The lowest BCUT2D eigenvalue weighted by Gasteiger charge is -2.06. The molecule has 2 rings (SSSR count). The molecular weight excluding hydrogens is 298 g/mol. The number of hydrogen-bond acceptors (Lipinski definition) is 3. The summed E-state index contributed by atoms with van der Waals surface area (Å²) >= 11 is 6.05. The third-order valence-electron chi connectivity index (χ3n) is 3.19. The van der Waals surface area contributed by atoms with Crippen LogP contribution in [0.1, 0.15) is 22.8 Å². The van der Waals surface area contributed by atoms with Gasteiger partial charge in [0.1, 0.15) is 5.75 Å². The van der Waals surface area contributed by atoms with E-state index in [2.05, 4.69) is 5.32 Å². The zero-order chi connectivity index (χ0) is 15.9. The largest absolute Gasteiger partial charge is 0.494 e. The molecule has 0 aromatic heterocycles. The van der Waals surface area contributed by atoms with Gasteiger partial charge >= 0.3 is 0 Å². The number of halogens is 1. The number of hydrogen-bond donors (Lipinski definition) is 1. The quantitative estimate of drug-likeness (QED) is 0.611. The topological polar surface area (TPSA) is 38.3 Å². The minimum absolute atomic E-state index is 0.0739. The molecule has 1 N–H and O–H groups in total. The smallest absolute Gasteiger partial charge is 0.187 e. The molecular formula is C18H18ClNO2. The van der Waals surface area contributed by atoms with Crippen LogP contribution in [0.3, 0.4) is 0 Å². The molecule has 0 fully saturated rings. The summed E-state index contributed by atoms with van der Waals surface area (Å²) in [7, 11) is 0. The molecule has 0 unspecified atom stereocenters. The third-order valence-corrected chi connectivity index (χ3v) is 3.60. The lowest BCUT2D eigenvalue weighted by Crippen LogP contribution is -1.98. The molecule has 0 aliphatic heterocycles. The maximum atomic E-state index is 12.1. The van der Waals surface area contributed by atoms with Crippen molar-refractivity contribution >= 4 is 23.1 Å². The van der Waals surface area contributed by atoms with Crippen molar-refractivity contribution in [3.63, 3.8) is 0 Å². The van der Waals surface area contributed by atoms with Crippen molar-refractivity contribution in [3.05, 3.63) is 70.9 Å². The monoisotopic (exact) mass is 315 g/mol. The number of anilines is 1. The second-order valence-electron chi connectivity index (χ2n) is 4.71. The van der Waals surface area contributed by atoms with Crippen LogP contribution in [0.15, 0.2) is 54.7 Å². The molecule has 114 valence electrons. The van der Waals surface area contributed by atoms with E-state index in [0.29, 0.717) is 17.2 Å². The Bertz CT molecular complexity index is 678. The Balaban J connectivity index is 2.00. The minimum atomic E-state index is -0.0739. The molecule has 0 aliphatic rings. The Kier molecular flexibility index (Phi) is 5.61. The average molecular weight is 316 g/mol. The van der Waals surface area contributed by atoms with Crippen molar-refractivity contribution in [1.29, 1.82) is 0 Å². The van der Waals surface area contributed by atoms with E-state index in [4.69, 9.17) is 16.3 Å². The number of rotatable bonds is 6. The normalized spacial score (nSPS) is 10.7. The van der Waals surface area contributed by atoms with Gasteiger partial charge in [0.25, 0.3) is 0 Å². The highest BCUT2D eigenvalue weighted by molar-refractivity contribution is 6.31. The maximum absolute atomic E-state index is 12.1. The second kappa shape index (κ2) is 7.66. The highest BCUT2D eigenvalue weighted by atomic mass is 35.5. The van der Waals surface area contributed by atoms with Crippen LogP contribution >= 0.6 is 11.6 Å². The maximum Gasteiger partial charge on any atom is 0.187 e. The molecule has 4 heteroatoms. The molecule has 2 aromatic carbocycles. The van der Waals surface area contributed by atoms with Crippen LogP contribution in [-0.2, 0) is 0 Å². The molecule has 0 amide bonds. The lowest BCUT2D eigenvalue weighted by molar-refractivity contribution is 0.104. The lowest BCUT2D eigenvalue weighted by atomic mass is 10.1. The first-order chi connectivity index (χ1) is 10.6. The van der Waals surface area contributed by atoms with Crippen LogP contribution in [0, 0.1) is 6.92 Å². The molecule has 2 aromatic rings. The number of benzene rings is 2. The van der Waals surface area contributed by atoms with Gasteiger partial charge in [-0.25, -0.2) is 0 Å². The molecule has 0 heterocycles. The molecule has 0 saturated heterocycles. The van der Waals surface area contributed by atoms with Crippen LogP contribution in [0.4, 0.5) is 5.69 Å². The summed E-state index contributed by atoms with van der Waals surface area (Å²) in [5.41, 5.74) is 2.44. The predicted molar refractivity (Wildman–Crippen MR) is 90.9 cm³/mol. The van der Waals surface area contributed by atoms with Gasteiger partial charge in [-0.3, -0.25) is 4.79 Å². The van der Waals surface area contributed by atoms with Crippen LogP contribution in [0.5, 0.6) is 5.75 Å². The number of allylic oxidation sites excluding steroid dienone is 1. The zero-order valence-corrected chi connectivity index (χ0v) is 13.4. The summed E-state index contributed by atoms with van der Waals surface area (Å²) in [5.74, 6) is 0.686. The highest BCUT2D eigenvalue weighted by Crippen LogP contribution is 2.22. The van der Waals surface area contributed by atoms with Crippen molar-refractivity contribution < 1.29 is 9.53 Å². The van der Waals surface area contributed by atoms with Crippen LogP contribution in [-0.4, -0.2) is 12.4 Å². The van der Waals surface area contributed by atoms with Crippen molar-refractivity contribution in [2.45, 2.75) is 13.8 Å². The first-order valence-electron chi connectivity index (χ1n) is 7.07. The number of carbonyl (C=O) groups is 1. The van der Waals surface area contributed by atoms with Gasteiger partial charge in [-0.2, -0.15) is 0 Å². The number of ketones is 1. The highest BCUT2D eigenvalue weighted by Gasteiger charge is 2.03. The summed E-state index contributed by atoms with van der Waals surface area (Å²) in [6.07, 6.45) is 3.12. The molecule has 0 bridgehead atoms. The van der Waals surface area contributed by atoms with Crippen molar-refractivity contribution in [3.8, 4) is 5.75 Å². The van der Waals surface area contributed by atoms with E-state index in [-0.39, 0.29) is 5.78 Å². The Morgan fingerprint density at radius 3 is 2.64 bits per heavy atom. The first-order valence-corrected chi connectivity index (χ1v) is 7.45. The SMILES string of the molecule is CCOc1ccc(C(=O)C=CNc2cccc(Cl)c2C)cc1. The van der Waals surface area contributed by atoms with Crippen LogP contribution < -0.4 is 10.1 Å². The molecule has 0 atom stereocenters. The fourth-order valence-electron chi connectivity index (χ4n) is 1.95. The van der Waals surface area contributed by atoms with E-state index in [1.165, 1.54) is 6.08 Å². The van der Waals surface area contributed by atoms with Crippen LogP contribution in [0.25, 0.3) is 0 Å². The van der Waals surface area contributed by atoms with E-state index in [0.717, 1.165) is 17.0 Å². The molecule has 0 aliphatic carbocycles. The molecule has 0 saturated carbocycles. The minimum Gasteiger partial charge on any atom is -0.494 e. The summed E-state index contributed by atoms with van der Waals surface area (Å²) in [5, 5.41) is 3.77. The number of carbonyl (C=O) groups excluding carboxylic acids is 1. The predicted octanol–water partition coefficient (Wildman–Crippen LogP) is 4.86. The van der Waals surface area contributed by atoms with Crippen LogP contribution in [0.2, 0.25) is 5.02 Å². The summed E-state index contributed by atoms with van der Waals surface area (Å²) < 4.78 is 5.35. The molecule has 0 spiro atoms. The van der Waals surface area contributed by atoms with Crippen molar-refractivity contribution in [2.24, 2.45) is 0 Å². The van der Waals surface area contributed by atoms with Gasteiger partial charge in [-0.1, -0.05) is 17.7 Å². The first kappa shape index (κ1) is 16.1. The van der Waals surface area contributed by atoms with Gasteiger partial charge < -0.3 is 10.1 Å². The zero-order valence-electron chi connectivity index (χ0n) is 12.6. The van der Waals surface area contributed by atoms with Gasteiger partial charge in [-0.15, -0.1) is 0 Å². The van der Waals surface area contributed by atoms with E-state index in [1.54, 1.807) is 30.5 Å². The van der Waals surface area contributed by atoms with Gasteiger partial charge in [0, 0.05) is 28.5 Å². The van der Waals surface area contributed by atoms with Crippen molar-refractivity contribution in [1.82, 2.24) is 0 Å². The summed E-state index contributed by atoms with van der Waals surface area (Å²) in [6.45, 7) is 4.45. The Labute approximate surface area is 135 Å².